The molecule has 2 N–H and O–H groups in total. The highest BCUT2D eigenvalue weighted by Crippen LogP contribution is 2.24. The molecular weight excluding hydrogens is 437 g/mol. The molecule has 1 aliphatic heterocycles. The molecule has 0 spiro atoms. The average Bonchev–Trinajstić information content (AvgIpc) is 2.82. The fraction of sp³-hybridized carbons (Fsp3) is 0.364. The number of rotatable bonds is 9. The van der Waals surface area contributed by atoms with E-state index in [9.17, 15) is 14.3 Å². The molecule has 0 aliphatic carbocycles. The molecule has 1 fully saturated rings. The third kappa shape index (κ3) is 6.09. The summed E-state index contributed by atoms with van der Waals surface area (Å²) in [6.07, 6.45) is 7.13. The molecule has 1 atom stereocenters. The van der Waals surface area contributed by atoms with Gasteiger partial charge >= 0.3 is 0 Å². The lowest BCUT2D eigenvalue weighted by Gasteiger charge is -2.23. The fourth-order valence-corrected chi connectivity index (χ4v) is 3.39. The number of carbonyl (C=O) groups is 1. The van der Waals surface area contributed by atoms with Crippen molar-refractivity contribution >= 4 is 35.7 Å². The maximum atomic E-state index is 13.8. The Kier molecular flexibility index (Phi) is 8.66. The molecule has 2 heterocycles. The molecule has 1 amide bonds. The predicted octanol–water partition coefficient (Wildman–Crippen LogP) is 3.44. The highest BCUT2D eigenvalue weighted by Gasteiger charge is 2.20. The first-order valence-electron chi connectivity index (χ1n) is 10.2. The maximum Gasteiger partial charge on any atom is 0.230 e. The summed E-state index contributed by atoms with van der Waals surface area (Å²) in [5.41, 5.74) is 1.63. The Labute approximate surface area is 190 Å². The Hall–Kier alpha value is -2.88. The van der Waals surface area contributed by atoms with E-state index in [1.807, 2.05) is 6.92 Å². The number of halogens is 2. The zero-order chi connectivity index (χ0) is 22.9. The van der Waals surface area contributed by atoms with Crippen LogP contribution in [0.25, 0.3) is 5.57 Å². The number of carbonyl (C=O) groups excluding carboxylic acids is 1. The number of benzene rings is 1. The zero-order valence-corrected chi connectivity index (χ0v) is 18.4. The van der Waals surface area contributed by atoms with Crippen molar-refractivity contribution in [2.75, 3.05) is 25.1 Å². The Bertz CT molecular complexity index is 982. The predicted molar refractivity (Wildman–Crippen MR) is 121 cm³/mol. The lowest BCUT2D eigenvalue weighted by molar-refractivity contribution is -0.121. The smallest absolute Gasteiger partial charge is 0.230 e. The zero-order valence-electron chi connectivity index (χ0n) is 17.6. The quantitative estimate of drug-likeness (QED) is 0.337. The van der Waals surface area contributed by atoms with Crippen LogP contribution in [0, 0.1) is 5.82 Å². The van der Waals surface area contributed by atoms with Crippen molar-refractivity contribution in [3.8, 4) is 0 Å². The number of hydrogen-bond donors (Lipinski definition) is 2. The van der Waals surface area contributed by atoms with E-state index in [-0.39, 0.29) is 11.1 Å². The summed E-state index contributed by atoms with van der Waals surface area (Å²) in [5, 5.41) is 18.3. The number of allylic oxidation sites excluding steroid dienone is 2. The van der Waals surface area contributed by atoms with Gasteiger partial charge in [-0.3, -0.25) is 4.79 Å². The molecule has 8 nitrogen and oxygen atoms in total. The van der Waals surface area contributed by atoms with Gasteiger partial charge in [-0.1, -0.05) is 23.7 Å². The van der Waals surface area contributed by atoms with Gasteiger partial charge in [-0.15, -0.1) is 0 Å². The molecule has 1 aromatic carbocycles. The van der Waals surface area contributed by atoms with Gasteiger partial charge in [0.1, 0.15) is 11.9 Å². The molecule has 1 saturated heterocycles. The molecule has 0 radical (unpaired) electrons. The topological polar surface area (TPSA) is 99.9 Å². The van der Waals surface area contributed by atoms with E-state index >= 15 is 0 Å². The molecule has 1 aliphatic rings. The van der Waals surface area contributed by atoms with Gasteiger partial charge in [0.25, 0.3) is 0 Å². The molecule has 32 heavy (non-hydrogen) atoms. The van der Waals surface area contributed by atoms with E-state index in [1.54, 1.807) is 18.3 Å². The second kappa shape index (κ2) is 11.7. The number of hydrazone groups is 1. The van der Waals surface area contributed by atoms with Crippen LogP contribution in [0.2, 0.25) is 5.02 Å². The number of anilines is 1. The lowest BCUT2D eigenvalue weighted by atomic mass is 10.1. The third-order valence-corrected chi connectivity index (χ3v) is 5.38. The number of ether oxygens (including phenoxy) is 1. The molecule has 3 rings (SSSR count). The van der Waals surface area contributed by atoms with Crippen LogP contribution in [-0.4, -0.2) is 58.6 Å². The van der Waals surface area contributed by atoms with E-state index in [2.05, 4.69) is 20.4 Å². The normalized spacial score (nSPS) is 16.2. The molecule has 2 aromatic rings. The Morgan fingerprint density at radius 1 is 1.44 bits per heavy atom. The van der Waals surface area contributed by atoms with Crippen LogP contribution in [0.4, 0.5) is 10.3 Å². The van der Waals surface area contributed by atoms with E-state index < -0.39 is 18.5 Å². The second-order valence-corrected chi connectivity index (χ2v) is 7.55. The summed E-state index contributed by atoms with van der Waals surface area (Å²) in [7, 11) is 0. The van der Waals surface area contributed by atoms with E-state index in [0.717, 1.165) is 17.9 Å². The van der Waals surface area contributed by atoms with Crippen molar-refractivity contribution in [2.24, 2.45) is 5.10 Å². The van der Waals surface area contributed by atoms with E-state index in [1.165, 1.54) is 24.4 Å². The molecule has 10 heteroatoms. The average molecular weight is 462 g/mol. The lowest BCUT2D eigenvalue weighted by Crippen LogP contribution is -2.28. The van der Waals surface area contributed by atoms with Crippen LogP contribution in [0.1, 0.15) is 37.1 Å². The second-order valence-electron chi connectivity index (χ2n) is 7.14. The largest absolute Gasteiger partial charge is 0.394 e. The monoisotopic (exact) mass is 461 g/mol. The molecule has 0 unspecified atom stereocenters. The van der Waals surface area contributed by atoms with Gasteiger partial charge in [0, 0.05) is 31.0 Å². The van der Waals surface area contributed by atoms with E-state index in [0.29, 0.717) is 42.4 Å². The molecule has 0 saturated carbocycles. The van der Waals surface area contributed by atoms with Crippen LogP contribution >= 0.6 is 11.6 Å². The first-order valence-corrected chi connectivity index (χ1v) is 10.6. The van der Waals surface area contributed by atoms with Crippen molar-refractivity contribution in [1.29, 1.82) is 0 Å². The number of amides is 1. The minimum absolute atomic E-state index is 0.0447. The summed E-state index contributed by atoms with van der Waals surface area (Å²) >= 11 is 5.72. The summed E-state index contributed by atoms with van der Waals surface area (Å²) in [5.74, 6) is -0.142. The van der Waals surface area contributed by atoms with Crippen molar-refractivity contribution in [2.45, 2.75) is 31.8 Å². The van der Waals surface area contributed by atoms with Crippen molar-refractivity contribution in [3.05, 3.63) is 58.6 Å². The summed E-state index contributed by atoms with van der Waals surface area (Å²) in [4.78, 5) is 20.5. The molecule has 0 bridgehead atoms. The van der Waals surface area contributed by atoms with Gasteiger partial charge in [0.05, 0.1) is 23.5 Å². The van der Waals surface area contributed by atoms with E-state index in [4.69, 9.17) is 16.3 Å². The highest BCUT2D eigenvalue weighted by atomic mass is 35.5. The van der Waals surface area contributed by atoms with Crippen molar-refractivity contribution in [1.82, 2.24) is 15.0 Å². The van der Waals surface area contributed by atoms with Crippen LogP contribution in [0.3, 0.4) is 0 Å². The molecule has 170 valence electrons. The van der Waals surface area contributed by atoms with Gasteiger partial charge in [-0.25, -0.2) is 19.4 Å². The van der Waals surface area contributed by atoms with Gasteiger partial charge < -0.3 is 15.2 Å². The standard InChI is InChI=1S/C22H25ClFN5O3/c1-2-15(20-5-8-25-22(28-20)27-17-6-9-32-10-7-17)12-26-29(14-31)21(13-30)16-3-4-18(23)19(24)11-16/h2-5,8,11-12,14,17,21,30H,6-7,9-10,13H2,1H3,(H,25,27,28)/b15-2+,26-12-/t21-/m1/s1. The fourth-order valence-electron chi connectivity index (χ4n) is 3.27. The number of aliphatic hydroxyl groups is 1. The Balaban J connectivity index is 1.76. The number of hydrogen-bond acceptors (Lipinski definition) is 7. The van der Waals surface area contributed by atoms with Gasteiger partial charge in [-0.05, 0) is 43.5 Å². The highest BCUT2D eigenvalue weighted by molar-refractivity contribution is 6.30. The molecular formula is C22H25ClFN5O3. The van der Waals surface area contributed by atoms with Crippen molar-refractivity contribution in [3.63, 3.8) is 0 Å². The number of nitrogens with one attached hydrogen (secondary N) is 1. The summed E-state index contributed by atoms with van der Waals surface area (Å²) in [6.45, 7) is 2.78. The van der Waals surface area contributed by atoms with Crippen LogP contribution < -0.4 is 5.32 Å². The van der Waals surface area contributed by atoms with Crippen molar-refractivity contribution < 1.29 is 19.0 Å². The minimum atomic E-state index is -0.871. The first kappa shape index (κ1) is 23.8. The molecule has 1 aromatic heterocycles. The van der Waals surface area contributed by atoms with Crippen LogP contribution in [0.15, 0.2) is 41.6 Å². The summed E-state index contributed by atoms with van der Waals surface area (Å²) in [6, 6.07) is 5.19. The van der Waals surface area contributed by atoms with Crippen LogP contribution in [0.5, 0.6) is 0 Å². The van der Waals surface area contributed by atoms with Crippen LogP contribution in [-0.2, 0) is 9.53 Å². The number of aromatic nitrogens is 2. The Morgan fingerprint density at radius 2 is 2.22 bits per heavy atom. The minimum Gasteiger partial charge on any atom is -0.394 e. The SMILES string of the molecule is C/C=C(\C=N/N(C=O)[C@H](CO)c1ccc(Cl)c(F)c1)c1ccnc(NC2CCOCC2)n1. The Morgan fingerprint density at radius 3 is 2.88 bits per heavy atom. The first-order chi connectivity index (χ1) is 15.5. The number of nitrogens with zero attached hydrogens (tertiary/aromatic N) is 4. The maximum absolute atomic E-state index is 13.8. The third-order valence-electron chi connectivity index (χ3n) is 5.08. The number of aliphatic hydroxyl groups excluding tert-OH is 1. The summed E-state index contributed by atoms with van der Waals surface area (Å²) < 4.78 is 19.2. The van der Waals surface area contributed by atoms with Gasteiger partial charge in [0.15, 0.2) is 0 Å². The van der Waals surface area contributed by atoms with Gasteiger partial charge in [0.2, 0.25) is 12.4 Å². The van der Waals surface area contributed by atoms with Gasteiger partial charge in [-0.2, -0.15) is 5.10 Å².